The molecule has 210 valence electrons. The van der Waals surface area contributed by atoms with Crippen LogP contribution in [0.2, 0.25) is 0 Å². The fraction of sp³-hybridized carbons (Fsp3) is 0.815. The van der Waals surface area contributed by atoms with E-state index >= 15 is 0 Å². The molecule has 5 atom stereocenters. The molecule has 0 aromatic heterocycles. The van der Waals surface area contributed by atoms with Crippen molar-refractivity contribution in [1.29, 1.82) is 0 Å². The first-order valence-electron chi connectivity index (χ1n) is 13.1. The monoisotopic (exact) mass is 522 g/mol. The van der Waals surface area contributed by atoms with E-state index in [1.807, 2.05) is 27.7 Å². The summed E-state index contributed by atoms with van der Waals surface area (Å²) in [7, 11) is 2.98. The highest BCUT2D eigenvalue weighted by Gasteiger charge is 2.70. The van der Waals surface area contributed by atoms with Gasteiger partial charge in [0.1, 0.15) is 17.7 Å². The first-order valence-corrected chi connectivity index (χ1v) is 13.1. The number of Topliss-reactive ketones (excluding diaryl/α,β-unsaturated/α-hetero) is 1. The van der Waals surface area contributed by atoms with Gasteiger partial charge < -0.3 is 25.2 Å². The number of nitrogens with one attached hydrogen (secondary N) is 2. The molecule has 1 heterocycles. The summed E-state index contributed by atoms with van der Waals surface area (Å²) in [5, 5.41) is 5.50. The second-order valence-electron chi connectivity index (χ2n) is 13.2. The summed E-state index contributed by atoms with van der Waals surface area (Å²) in [6.45, 7) is 17.1. The number of piperidine rings is 1. The number of likely N-dealkylation sites (tertiary alicyclic amines) is 1. The van der Waals surface area contributed by atoms with Crippen molar-refractivity contribution >= 4 is 29.6 Å². The molecule has 10 heteroatoms. The Morgan fingerprint density at radius 1 is 1.03 bits per heavy atom. The number of nitrogens with zero attached hydrogens (tertiary/aromatic N) is 2. The van der Waals surface area contributed by atoms with Crippen LogP contribution in [0.1, 0.15) is 75.2 Å². The number of hydrogen-bond donors (Lipinski definition) is 2. The summed E-state index contributed by atoms with van der Waals surface area (Å²) in [5.74, 6) is -2.14. The van der Waals surface area contributed by atoms with Gasteiger partial charge in [0.25, 0.3) is 5.91 Å². The number of carbonyl (C=O) groups excluding carboxylic acids is 5. The highest BCUT2D eigenvalue weighted by Crippen LogP contribution is 2.65. The van der Waals surface area contributed by atoms with Gasteiger partial charge in [0.15, 0.2) is 0 Å². The van der Waals surface area contributed by atoms with Crippen molar-refractivity contribution in [1.82, 2.24) is 20.4 Å². The quantitative estimate of drug-likeness (QED) is 0.472. The largest absolute Gasteiger partial charge is 0.444 e. The van der Waals surface area contributed by atoms with Gasteiger partial charge in [-0.3, -0.25) is 19.2 Å². The van der Waals surface area contributed by atoms with Gasteiger partial charge in [-0.15, -0.1) is 0 Å². The van der Waals surface area contributed by atoms with Gasteiger partial charge in [-0.25, -0.2) is 4.79 Å². The molecular weight excluding hydrogens is 476 g/mol. The average molecular weight is 523 g/mol. The minimum absolute atomic E-state index is 0.0828. The fourth-order valence-electron chi connectivity index (χ4n) is 5.24. The Morgan fingerprint density at radius 3 is 2.05 bits per heavy atom. The molecular formula is C27H46N4O6. The van der Waals surface area contributed by atoms with E-state index in [-0.39, 0.29) is 23.2 Å². The summed E-state index contributed by atoms with van der Waals surface area (Å²) < 4.78 is 5.39. The van der Waals surface area contributed by atoms with E-state index in [0.717, 1.165) is 0 Å². The van der Waals surface area contributed by atoms with E-state index in [4.69, 9.17) is 4.74 Å². The average Bonchev–Trinajstić information content (AvgIpc) is 3.08. The van der Waals surface area contributed by atoms with Gasteiger partial charge in [0.2, 0.25) is 17.6 Å². The Hall–Kier alpha value is -2.65. The number of carbonyl (C=O) groups is 5. The van der Waals surface area contributed by atoms with Crippen LogP contribution < -0.4 is 10.6 Å². The van der Waals surface area contributed by atoms with Crippen molar-refractivity contribution in [3.63, 3.8) is 0 Å². The van der Waals surface area contributed by atoms with Crippen molar-refractivity contribution < 1.29 is 28.7 Å². The van der Waals surface area contributed by atoms with Crippen LogP contribution in [-0.4, -0.2) is 83.8 Å². The summed E-state index contributed by atoms with van der Waals surface area (Å²) in [5.41, 5.74) is -1.53. The molecule has 0 aromatic rings. The molecule has 2 rings (SSSR count). The fourth-order valence-corrected chi connectivity index (χ4v) is 5.24. The lowest BCUT2D eigenvalue weighted by atomic mass is 9.85. The van der Waals surface area contributed by atoms with Crippen molar-refractivity contribution in [2.24, 2.45) is 22.7 Å². The Balaban J connectivity index is 2.33. The first kappa shape index (κ1) is 30.6. The van der Waals surface area contributed by atoms with Crippen LogP contribution in [0, 0.1) is 22.7 Å². The Morgan fingerprint density at radius 2 is 1.59 bits per heavy atom. The number of amides is 4. The first-order chi connectivity index (χ1) is 16.7. The van der Waals surface area contributed by atoms with Crippen LogP contribution in [-0.2, 0) is 23.9 Å². The summed E-state index contributed by atoms with van der Waals surface area (Å²) >= 11 is 0. The third-order valence-corrected chi connectivity index (χ3v) is 7.36. The Bertz CT molecular complexity index is 930. The molecule has 37 heavy (non-hydrogen) atoms. The lowest BCUT2D eigenvalue weighted by Gasteiger charge is -2.38. The van der Waals surface area contributed by atoms with Gasteiger partial charge in [-0.05, 0) is 49.9 Å². The standard InChI is InChI=1S/C27H46N4O6/c1-12-13-16(19(32)22(34)30(10)11)28-21(33)18-17-15(27(17,8)9)14-31(18)23(35)20(25(2,3)4)29-24(36)37-26(5,6)7/h15-18,20H,12-14H2,1-11H3,(H,28,33)(H,29,36). The highest BCUT2D eigenvalue weighted by atomic mass is 16.6. The lowest BCUT2D eigenvalue weighted by Crippen LogP contribution is -2.60. The topological polar surface area (TPSA) is 125 Å². The zero-order valence-electron chi connectivity index (χ0n) is 24.4. The minimum Gasteiger partial charge on any atom is -0.444 e. The number of alkyl carbamates (subject to hydrolysis) is 1. The summed E-state index contributed by atoms with van der Waals surface area (Å²) in [6.07, 6.45) is 0.198. The SMILES string of the molecule is CCCC(NC(=O)C1C2C(CN1C(=O)C(NC(=O)OC(C)(C)C)C(C)(C)C)C2(C)C)C(=O)C(=O)N(C)C. The van der Waals surface area contributed by atoms with E-state index in [1.165, 1.54) is 23.9 Å². The predicted octanol–water partition coefficient (Wildman–Crippen LogP) is 2.35. The van der Waals surface area contributed by atoms with E-state index < -0.39 is 52.8 Å². The van der Waals surface area contributed by atoms with E-state index in [0.29, 0.717) is 19.4 Å². The number of rotatable bonds is 8. The van der Waals surface area contributed by atoms with Gasteiger partial charge in [-0.2, -0.15) is 0 Å². The molecule has 2 N–H and O–H groups in total. The lowest BCUT2D eigenvalue weighted by molar-refractivity contribution is -0.147. The van der Waals surface area contributed by atoms with Gasteiger partial charge in [0, 0.05) is 20.6 Å². The Labute approximate surface area is 221 Å². The van der Waals surface area contributed by atoms with Gasteiger partial charge >= 0.3 is 6.09 Å². The number of fused-ring (bicyclic) bond motifs is 1. The number of ketones is 1. The molecule has 0 radical (unpaired) electrons. The molecule has 5 unspecified atom stereocenters. The van der Waals surface area contributed by atoms with E-state index in [9.17, 15) is 24.0 Å². The minimum atomic E-state index is -0.969. The number of likely N-dealkylation sites (N-methyl/N-ethyl adjacent to an activating group) is 1. The summed E-state index contributed by atoms with van der Waals surface area (Å²) in [6, 6.07) is -2.70. The van der Waals surface area contributed by atoms with Crippen molar-refractivity contribution in [2.75, 3.05) is 20.6 Å². The smallest absolute Gasteiger partial charge is 0.408 e. The molecule has 0 spiro atoms. The van der Waals surface area contributed by atoms with Crippen molar-refractivity contribution in [3.8, 4) is 0 Å². The van der Waals surface area contributed by atoms with Crippen LogP contribution in [0.5, 0.6) is 0 Å². The molecule has 4 amide bonds. The van der Waals surface area contributed by atoms with Gasteiger partial charge in [0.05, 0.1) is 6.04 Å². The molecule has 1 aliphatic heterocycles. The molecule has 0 aromatic carbocycles. The third kappa shape index (κ3) is 6.82. The zero-order valence-corrected chi connectivity index (χ0v) is 24.4. The van der Waals surface area contributed by atoms with Crippen LogP contribution in [0.25, 0.3) is 0 Å². The maximum Gasteiger partial charge on any atom is 0.408 e. The van der Waals surface area contributed by atoms with Crippen LogP contribution >= 0.6 is 0 Å². The van der Waals surface area contributed by atoms with Gasteiger partial charge in [-0.1, -0.05) is 48.0 Å². The highest BCUT2D eigenvalue weighted by molar-refractivity contribution is 6.38. The molecule has 0 bridgehead atoms. The second kappa shape index (κ2) is 10.6. The Kier molecular flexibility index (Phi) is 8.77. The third-order valence-electron chi connectivity index (χ3n) is 7.36. The molecule has 10 nitrogen and oxygen atoms in total. The molecule has 1 saturated heterocycles. The molecule has 2 aliphatic rings. The zero-order chi connectivity index (χ0) is 28.7. The van der Waals surface area contributed by atoms with Crippen molar-refractivity contribution in [2.45, 2.75) is 98.9 Å². The summed E-state index contributed by atoms with van der Waals surface area (Å²) in [4.78, 5) is 67.9. The predicted molar refractivity (Wildman–Crippen MR) is 139 cm³/mol. The number of hydrogen-bond acceptors (Lipinski definition) is 6. The molecule has 1 aliphatic carbocycles. The van der Waals surface area contributed by atoms with E-state index in [2.05, 4.69) is 24.5 Å². The van der Waals surface area contributed by atoms with Crippen LogP contribution in [0.3, 0.4) is 0 Å². The van der Waals surface area contributed by atoms with Crippen molar-refractivity contribution in [3.05, 3.63) is 0 Å². The second-order valence-corrected chi connectivity index (χ2v) is 13.2. The maximum absolute atomic E-state index is 13.9. The maximum atomic E-state index is 13.9. The van der Waals surface area contributed by atoms with Crippen LogP contribution in [0.4, 0.5) is 4.79 Å². The van der Waals surface area contributed by atoms with E-state index in [1.54, 1.807) is 20.8 Å². The molecule has 1 saturated carbocycles. The molecule has 2 fully saturated rings. The number of ether oxygens (including phenoxy) is 1. The van der Waals surface area contributed by atoms with Crippen LogP contribution in [0.15, 0.2) is 0 Å². The normalized spacial score (nSPS) is 23.9.